The van der Waals surface area contributed by atoms with Crippen LogP contribution in [0.2, 0.25) is 0 Å². The van der Waals surface area contributed by atoms with E-state index in [0.717, 1.165) is 16.7 Å². The summed E-state index contributed by atoms with van der Waals surface area (Å²) < 4.78 is 33.0. The smallest absolute Gasteiger partial charge is 0.170 e. The van der Waals surface area contributed by atoms with Crippen molar-refractivity contribution >= 4 is 11.6 Å². The first-order chi connectivity index (χ1) is 13.5. The first-order valence-corrected chi connectivity index (χ1v) is 8.97. The first kappa shape index (κ1) is 18.1. The number of halogens is 2. The number of aromatic nitrogens is 1. The average Bonchev–Trinajstić information content (AvgIpc) is 2.68. The quantitative estimate of drug-likeness (QED) is 0.699. The van der Waals surface area contributed by atoms with Crippen LogP contribution in [0.4, 0.5) is 14.6 Å². The maximum absolute atomic E-state index is 13.7. The molecule has 4 rings (SSSR count). The van der Waals surface area contributed by atoms with E-state index in [4.69, 9.17) is 4.74 Å². The molecule has 2 heterocycles. The zero-order chi connectivity index (χ0) is 19.7. The monoisotopic (exact) mass is 380 g/mol. The molecule has 1 aromatic heterocycles. The minimum atomic E-state index is -0.597. The minimum Gasteiger partial charge on any atom is -0.492 e. The number of Topliss-reactive ketones (excluding diaryl/α,β-unsaturated/α-hetero) is 1. The fraction of sp³-hybridized carbons (Fsp3) is 0.182. The molecule has 142 valence electrons. The lowest BCUT2D eigenvalue weighted by Gasteiger charge is -2.19. The fourth-order valence-electron chi connectivity index (χ4n) is 3.26. The van der Waals surface area contributed by atoms with Gasteiger partial charge in [-0.1, -0.05) is 6.07 Å². The lowest BCUT2D eigenvalue weighted by Crippen LogP contribution is -2.15. The van der Waals surface area contributed by atoms with E-state index in [-0.39, 0.29) is 17.9 Å². The Morgan fingerprint density at radius 3 is 2.61 bits per heavy atom. The molecule has 0 radical (unpaired) electrons. The van der Waals surface area contributed by atoms with E-state index in [0.29, 0.717) is 30.2 Å². The van der Waals surface area contributed by atoms with E-state index in [9.17, 15) is 13.6 Å². The van der Waals surface area contributed by atoms with Crippen LogP contribution in [0.3, 0.4) is 0 Å². The molecule has 0 amide bonds. The van der Waals surface area contributed by atoms with Gasteiger partial charge in [-0.3, -0.25) is 4.79 Å². The topological polar surface area (TPSA) is 51.2 Å². The Morgan fingerprint density at radius 1 is 1.11 bits per heavy atom. The molecule has 0 saturated carbocycles. The Balaban J connectivity index is 1.55. The third-order valence-corrected chi connectivity index (χ3v) is 4.80. The number of hydrogen-bond acceptors (Lipinski definition) is 4. The van der Waals surface area contributed by atoms with Gasteiger partial charge in [0, 0.05) is 30.3 Å². The molecule has 6 heteroatoms. The molecule has 3 aromatic rings. The molecule has 28 heavy (non-hydrogen) atoms. The van der Waals surface area contributed by atoms with Crippen LogP contribution in [-0.2, 0) is 6.54 Å². The molecule has 0 spiro atoms. The van der Waals surface area contributed by atoms with Gasteiger partial charge in [0.15, 0.2) is 5.78 Å². The zero-order valence-electron chi connectivity index (χ0n) is 15.3. The van der Waals surface area contributed by atoms with Crippen molar-refractivity contribution in [2.24, 2.45) is 0 Å². The summed E-state index contributed by atoms with van der Waals surface area (Å²) in [6.07, 6.45) is 2.05. The highest BCUT2D eigenvalue weighted by molar-refractivity contribution is 6.01. The van der Waals surface area contributed by atoms with Crippen molar-refractivity contribution in [1.29, 1.82) is 0 Å². The maximum atomic E-state index is 13.7. The Hall–Kier alpha value is -3.28. The van der Waals surface area contributed by atoms with Gasteiger partial charge < -0.3 is 10.1 Å². The number of rotatable bonds is 4. The second-order valence-electron chi connectivity index (χ2n) is 6.67. The predicted molar refractivity (Wildman–Crippen MR) is 103 cm³/mol. The SMILES string of the molecule is Cc1cc2c(cc1-c1ccc(NCc3c(F)cccc3F)nc1)C(=O)CCO2. The summed E-state index contributed by atoms with van der Waals surface area (Å²) in [4.78, 5) is 16.5. The minimum absolute atomic E-state index is 0.00539. The summed E-state index contributed by atoms with van der Waals surface area (Å²) in [5.74, 6) is -0.000808. The van der Waals surface area contributed by atoms with Gasteiger partial charge in [-0.2, -0.15) is 0 Å². The number of carbonyl (C=O) groups is 1. The second-order valence-corrected chi connectivity index (χ2v) is 6.67. The first-order valence-electron chi connectivity index (χ1n) is 8.97. The molecular formula is C22H18F2N2O2. The number of ether oxygens (including phenoxy) is 1. The lowest BCUT2D eigenvalue weighted by atomic mass is 9.95. The van der Waals surface area contributed by atoms with Crippen LogP contribution in [0, 0.1) is 18.6 Å². The number of ketones is 1. The molecule has 1 aliphatic heterocycles. The number of benzene rings is 2. The van der Waals surface area contributed by atoms with E-state index >= 15 is 0 Å². The van der Waals surface area contributed by atoms with E-state index in [1.165, 1.54) is 18.2 Å². The van der Waals surface area contributed by atoms with Crippen molar-refractivity contribution < 1.29 is 18.3 Å². The third kappa shape index (κ3) is 3.45. The van der Waals surface area contributed by atoms with Crippen molar-refractivity contribution in [2.75, 3.05) is 11.9 Å². The van der Waals surface area contributed by atoms with Crippen LogP contribution < -0.4 is 10.1 Å². The van der Waals surface area contributed by atoms with E-state index in [1.807, 2.05) is 25.1 Å². The third-order valence-electron chi connectivity index (χ3n) is 4.80. The van der Waals surface area contributed by atoms with Crippen molar-refractivity contribution in [3.63, 3.8) is 0 Å². The largest absolute Gasteiger partial charge is 0.492 e. The van der Waals surface area contributed by atoms with Gasteiger partial charge in [0.25, 0.3) is 0 Å². The molecule has 0 saturated heterocycles. The van der Waals surface area contributed by atoms with E-state index in [1.54, 1.807) is 12.3 Å². The van der Waals surface area contributed by atoms with Gasteiger partial charge in [-0.25, -0.2) is 13.8 Å². The van der Waals surface area contributed by atoms with Crippen molar-refractivity contribution in [3.8, 4) is 16.9 Å². The molecule has 0 bridgehead atoms. The maximum Gasteiger partial charge on any atom is 0.170 e. The summed E-state index contributed by atoms with van der Waals surface area (Å²) in [5, 5.41) is 2.93. The van der Waals surface area contributed by atoms with Gasteiger partial charge in [-0.15, -0.1) is 0 Å². The standard InChI is InChI=1S/C22H18F2N2O2/c1-13-9-21-16(20(27)7-8-28-21)10-15(13)14-5-6-22(25-11-14)26-12-17-18(23)3-2-4-19(17)24/h2-6,9-11H,7-8,12H2,1H3,(H,25,26). The Bertz CT molecular complexity index is 1030. The number of anilines is 1. The number of fused-ring (bicyclic) bond motifs is 1. The van der Waals surface area contributed by atoms with Gasteiger partial charge in [0.2, 0.25) is 0 Å². The van der Waals surface area contributed by atoms with Gasteiger partial charge in [0.1, 0.15) is 23.2 Å². The summed E-state index contributed by atoms with van der Waals surface area (Å²) in [5.41, 5.74) is 3.28. The van der Waals surface area contributed by atoms with Crippen LogP contribution in [0.25, 0.3) is 11.1 Å². The molecule has 0 unspecified atom stereocenters. The Kier molecular flexibility index (Phi) is 4.77. The average molecular weight is 380 g/mol. The Labute approximate surface area is 161 Å². The van der Waals surface area contributed by atoms with Crippen molar-refractivity contribution in [2.45, 2.75) is 19.9 Å². The van der Waals surface area contributed by atoms with Crippen LogP contribution in [0.1, 0.15) is 27.9 Å². The van der Waals surface area contributed by atoms with Crippen molar-refractivity contribution in [3.05, 3.63) is 77.0 Å². The summed E-state index contributed by atoms with van der Waals surface area (Å²) >= 11 is 0. The van der Waals surface area contributed by atoms with Crippen LogP contribution in [-0.4, -0.2) is 17.4 Å². The summed E-state index contributed by atoms with van der Waals surface area (Å²) in [6.45, 7) is 2.36. The number of carbonyl (C=O) groups excluding carboxylic acids is 1. The number of hydrogen-bond donors (Lipinski definition) is 1. The highest BCUT2D eigenvalue weighted by Gasteiger charge is 2.20. The predicted octanol–water partition coefficient (Wildman–Crippen LogP) is 4.91. The molecular weight excluding hydrogens is 362 g/mol. The molecule has 0 aliphatic carbocycles. The van der Waals surface area contributed by atoms with Gasteiger partial charge >= 0.3 is 0 Å². The molecule has 4 nitrogen and oxygen atoms in total. The van der Waals surface area contributed by atoms with Crippen LogP contribution in [0.5, 0.6) is 5.75 Å². The highest BCUT2D eigenvalue weighted by atomic mass is 19.1. The van der Waals surface area contributed by atoms with Crippen LogP contribution in [0.15, 0.2) is 48.7 Å². The number of aryl methyl sites for hydroxylation is 1. The van der Waals surface area contributed by atoms with E-state index in [2.05, 4.69) is 10.3 Å². The van der Waals surface area contributed by atoms with Crippen molar-refractivity contribution in [1.82, 2.24) is 4.98 Å². The zero-order valence-corrected chi connectivity index (χ0v) is 15.3. The fourth-order valence-corrected chi connectivity index (χ4v) is 3.26. The Morgan fingerprint density at radius 2 is 1.89 bits per heavy atom. The van der Waals surface area contributed by atoms with Crippen LogP contribution >= 0.6 is 0 Å². The number of pyridine rings is 1. The molecule has 2 aromatic carbocycles. The summed E-state index contributed by atoms with van der Waals surface area (Å²) in [7, 11) is 0. The highest BCUT2D eigenvalue weighted by Crippen LogP contribution is 2.33. The molecule has 0 atom stereocenters. The number of nitrogens with zero attached hydrogens (tertiary/aromatic N) is 1. The summed E-state index contributed by atoms with van der Waals surface area (Å²) in [6, 6.07) is 11.1. The molecule has 1 N–H and O–H groups in total. The van der Waals surface area contributed by atoms with E-state index < -0.39 is 11.6 Å². The number of nitrogens with one attached hydrogen (secondary N) is 1. The lowest BCUT2D eigenvalue weighted by molar-refractivity contribution is 0.0933. The van der Waals surface area contributed by atoms with Gasteiger partial charge in [-0.05, 0) is 54.4 Å². The molecule has 1 aliphatic rings. The normalized spacial score (nSPS) is 13.0. The van der Waals surface area contributed by atoms with Gasteiger partial charge in [0.05, 0.1) is 12.2 Å². The second kappa shape index (κ2) is 7.38. The molecule has 0 fully saturated rings.